The van der Waals surface area contributed by atoms with Gasteiger partial charge in [-0.2, -0.15) is 0 Å². The zero-order valence-electron chi connectivity index (χ0n) is 12.9. The van der Waals surface area contributed by atoms with Crippen molar-refractivity contribution < 1.29 is 19.0 Å². The van der Waals surface area contributed by atoms with Crippen molar-refractivity contribution in [1.82, 2.24) is 15.3 Å². The summed E-state index contributed by atoms with van der Waals surface area (Å²) in [4.78, 5) is 18.6. The number of benzene rings is 1. The number of H-pyrrole nitrogens is 1. The number of amides is 1. The number of carbonyl (C=O) groups excluding carboxylic acids is 1. The average molecular weight is 349 g/mol. The Morgan fingerprint density at radius 1 is 1.50 bits per heavy atom. The quantitative estimate of drug-likeness (QED) is 0.637. The molecule has 3 N–H and O–H groups in total. The highest BCUT2D eigenvalue weighted by molar-refractivity contribution is 7.07. The van der Waals surface area contributed by atoms with Crippen molar-refractivity contribution in [2.24, 2.45) is 0 Å². The number of carbonyl (C=O) groups is 1. The molecule has 0 aliphatic heterocycles. The van der Waals surface area contributed by atoms with Crippen LogP contribution >= 0.6 is 11.3 Å². The van der Waals surface area contributed by atoms with Crippen LogP contribution in [0.25, 0.3) is 10.9 Å². The Morgan fingerprint density at radius 3 is 3.04 bits per heavy atom. The van der Waals surface area contributed by atoms with E-state index in [1.54, 1.807) is 17.6 Å². The van der Waals surface area contributed by atoms with Crippen LogP contribution in [0, 0.1) is 5.82 Å². The van der Waals surface area contributed by atoms with E-state index in [0.717, 1.165) is 5.69 Å². The summed E-state index contributed by atoms with van der Waals surface area (Å²) >= 11 is 1.45. The molecule has 8 heteroatoms. The number of hydrogen-bond donors (Lipinski definition) is 3. The Bertz CT molecular complexity index is 846. The Hall–Kier alpha value is -2.45. The number of ether oxygens (including phenoxy) is 1. The van der Waals surface area contributed by atoms with Crippen LogP contribution < -0.4 is 10.1 Å². The van der Waals surface area contributed by atoms with Crippen LogP contribution in [-0.2, 0) is 17.9 Å². The molecule has 126 valence electrons. The van der Waals surface area contributed by atoms with Crippen LogP contribution in [0.2, 0.25) is 0 Å². The highest BCUT2D eigenvalue weighted by atomic mass is 32.1. The topological polar surface area (TPSA) is 87.2 Å². The fraction of sp³-hybridized carbons (Fsp3) is 0.250. The van der Waals surface area contributed by atoms with Gasteiger partial charge >= 0.3 is 0 Å². The summed E-state index contributed by atoms with van der Waals surface area (Å²) in [6, 6.07) is 4.70. The molecule has 1 aromatic carbocycles. The first kappa shape index (κ1) is 16.4. The highest BCUT2D eigenvalue weighted by Crippen LogP contribution is 2.26. The normalized spacial score (nSPS) is 12.3. The second-order valence-corrected chi connectivity index (χ2v) is 6.05. The van der Waals surface area contributed by atoms with E-state index < -0.39 is 17.8 Å². The molecule has 2 aromatic heterocycles. The fourth-order valence-corrected chi connectivity index (χ4v) is 2.73. The van der Waals surface area contributed by atoms with Gasteiger partial charge in [-0.25, -0.2) is 9.37 Å². The van der Waals surface area contributed by atoms with Crippen LogP contribution in [0.3, 0.4) is 0 Å². The Balaban J connectivity index is 1.73. The van der Waals surface area contributed by atoms with E-state index in [0.29, 0.717) is 16.6 Å². The first-order valence-corrected chi connectivity index (χ1v) is 8.24. The van der Waals surface area contributed by atoms with E-state index >= 15 is 0 Å². The summed E-state index contributed by atoms with van der Waals surface area (Å²) in [5.41, 5.74) is 3.84. The molecule has 24 heavy (non-hydrogen) atoms. The second-order valence-electron chi connectivity index (χ2n) is 5.33. The molecular formula is C16H16FN3O3S. The van der Waals surface area contributed by atoms with Gasteiger partial charge in [-0.1, -0.05) is 0 Å². The summed E-state index contributed by atoms with van der Waals surface area (Å²) in [5, 5.41) is 14.3. The minimum Gasteiger partial charge on any atom is -0.484 e. The molecule has 2 heterocycles. The molecule has 0 aliphatic rings. The first-order chi connectivity index (χ1) is 11.5. The van der Waals surface area contributed by atoms with E-state index in [1.807, 2.05) is 5.38 Å². The summed E-state index contributed by atoms with van der Waals surface area (Å²) in [6.07, 6.45) is -1.07. The monoisotopic (exact) mass is 349 g/mol. The van der Waals surface area contributed by atoms with Gasteiger partial charge in [0.15, 0.2) is 11.6 Å². The molecule has 0 aliphatic carbocycles. The minimum absolute atomic E-state index is 0.136. The number of nitrogens with zero attached hydrogens (tertiary/aromatic N) is 1. The van der Waals surface area contributed by atoms with Gasteiger partial charge in [-0.3, -0.25) is 4.79 Å². The molecule has 6 nitrogen and oxygen atoms in total. The lowest BCUT2D eigenvalue weighted by Gasteiger charge is -2.06. The summed E-state index contributed by atoms with van der Waals surface area (Å²) in [7, 11) is 0. The number of halogens is 1. The maximum Gasteiger partial charge on any atom is 0.248 e. The maximum atomic E-state index is 14.1. The van der Waals surface area contributed by atoms with Crippen molar-refractivity contribution in [3.05, 3.63) is 46.3 Å². The number of aromatic amines is 1. The lowest BCUT2D eigenvalue weighted by Crippen LogP contribution is -2.32. The molecular weight excluding hydrogens is 333 g/mol. The lowest BCUT2D eigenvalue weighted by molar-refractivity contribution is -0.128. The van der Waals surface area contributed by atoms with Crippen molar-refractivity contribution in [2.45, 2.75) is 26.2 Å². The van der Waals surface area contributed by atoms with E-state index in [1.165, 1.54) is 24.3 Å². The molecule has 1 amide bonds. The van der Waals surface area contributed by atoms with E-state index in [2.05, 4.69) is 15.3 Å². The summed E-state index contributed by atoms with van der Waals surface area (Å²) in [5.74, 6) is -0.791. The van der Waals surface area contributed by atoms with Crippen LogP contribution in [0.15, 0.2) is 29.1 Å². The number of thiazole rings is 1. The number of rotatable bonds is 6. The zero-order valence-corrected chi connectivity index (χ0v) is 13.7. The standard InChI is InChI=1S/C16H16FN3O3S/c1-9(21)16(22)18-5-11-2-10-3-13(17)15(4-14(10)20-11)23-6-12-7-24-8-19-12/h2-4,7-9,20-21H,5-6H2,1H3,(H,18,22)/t9-/m0/s1. The number of fused-ring (bicyclic) bond motifs is 1. The zero-order chi connectivity index (χ0) is 17.1. The summed E-state index contributed by atoms with van der Waals surface area (Å²) < 4.78 is 19.6. The number of aliphatic hydroxyl groups is 1. The average Bonchev–Trinajstić information content (AvgIpc) is 3.19. The van der Waals surface area contributed by atoms with Crippen LogP contribution in [0.1, 0.15) is 18.3 Å². The molecule has 0 radical (unpaired) electrons. The third-order valence-electron chi connectivity index (χ3n) is 3.42. The third kappa shape index (κ3) is 3.72. The molecule has 0 fully saturated rings. The largest absolute Gasteiger partial charge is 0.484 e. The molecule has 3 aromatic rings. The van der Waals surface area contributed by atoms with Gasteiger partial charge in [-0.15, -0.1) is 11.3 Å². The van der Waals surface area contributed by atoms with Crippen LogP contribution in [0.5, 0.6) is 5.75 Å². The fourth-order valence-electron chi connectivity index (χ4n) is 2.19. The van der Waals surface area contributed by atoms with Crippen LogP contribution in [0.4, 0.5) is 4.39 Å². The molecule has 0 unspecified atom stereocenters. The Kier molecular flexibility index (Phi) is 4.77. The number of nitrogens with one attached hydrogen (secondary N) is 2. The molecule has 0 bridgehead atoms. The first-order valence-electron chi connectivity index (χ1n) is 7.29. The van der Waals surface area contributed by atoms with E-state index in [4.69, 9.17) is 9.84 Å². The predicted molar refractivity (Wildman–Crippen MR) is 88.2 cm³/mol. The van der Waals surface area contributed by atoms with E-state index in [9.17, 15) is 9.18 Å². The minimum atomic E-state index is -1.07. The molecule has 0 saturated heterocycles. The van der Waals surface area contributed by atoms with Crippen molar-refractivity contribution in [3.63, 3.8) is 0 Å². The van der Waals surface area contributed by atoms with Gasteiger partial charge in [0, 0.05) is 28.0 Å². The van der Waals surface area contributed by atoms with Gasteiger partial charge in [0.05, 0.1) is 17.7 Å². The molecule has 1 atom stereocenters. The van der Waals surface area contributed by atoms with Gasteiger partial charge in [0.1, 0.15) is 12.7 Å². The number of aliphatic hydroxyl groups excluding tert-OH is 1. The molecule has 0 spiro atoms. The van der Waals surface area contributed by atoms with E-state index in [-0.39, 0.29) is 18.9 Å². The molecule has 0 saturated carbocycles. The third-order valence-corrected chi connectivity index (χ3v) is 4.06. The number of hydrogen-bond acceptors (Lipinski definition) is 5. The van der Waals surface area contributed by atoms with Crippen molar-refractivity contribution in [2.75, 3.05) is 0 Å². The molecule has 3 rings (SSSR count). The van der Waals surface area contributed by atoms with Crippen molar-refractivity contribution >= 4 is 28.1 Å². The van der Waals surface area contributed by atoms with Gasteiger partial charge in [-0.05, 0) is 19.1 Å². The van der Waals surface area contributed by atoms with Crippen LogP contribution in [-0.4, -0.2) is 27.1 Å². The van der Waals surface area contributed by atoms with Gasteiger partial charge in [0.25, 0.3) is 0 Å². The van der Waals surface area contributed by atoms with Crippen molar-refractivity contribution in [1.29, 1.82) is 0 Å². The Morgan fingerprint density at radius 2 is 2.33 bits per heavy atom. The predicted octanol–water partition coefficient (Wildman–Crippen LogP) is 2.34. The van der Waals surface area contributed by atoms with Gasteiger partial charge < -0.3 is 20.1 Å². The highest BCUT2D eigenvalue weighted by Gasteiger charge is 2.11. The Labute approximate surface area is 141 Å². The lowest BCUT2D eigenvalue weighted by atomic mass is 10.2. The van der Waals surface area contributed by atoms with Crippen molar-refractivity contribution in [3.8, 4) is 5.75 Å². The van der Waals surface area contributed by atoms with Gasteiger partial charge in [0.2, 0.25) is 5.91 Å². The second kappa shape index (κ2) is 6.98. The smallest absolute Gasteiger partial charge is 0.248 e. The number of aromatic nitrogens is 2. The maximum absolute atomic E-state index is 14.1. The summed E-state index contributed by atoms with van der Waals surface area (Å²) in [6.45, 7) is 1.81. The SMILES string of the molecule is C[C@H](O)C(=O)NCc1cc2cc(F)c(OCc3cscn3)cc2[nH]1.